The smallest absolute Gasteiger partial charge is 0.342 e. The van der Waals surface area contributed by atoms with Crippen LogP contribution in [0.2, 0.25) is 0 Å². The molecule has 12 heavy (non-hydrogen) atoms. The van der Waals surface area contributed by atoms with Crippen LogP contribution < -0.4 is 0 Å². The zero-order chi connectivity index (χ0) is 9.19. The van der Waals surface area contributed by atoms with Gasteiger partial charge in [0.1, 0.15) is 0 Å². The summed E-state index contributed by atoms with van der Waals surface area (Å²) in [7, 11) is 0. The van der Waals surface area contributed by atoms with Gasteiger partial charge in [0.2, 0.25) is 0 Å². The first kappa shape index (κ1) is 8.72. The second kappa shape index (κ2) is 2.94. The summed E-state index contributed by atoms with van der Waals surface area (Å²) < 4.78 is 37.2. The van der Waals surface area contributed by atoms with Crippen molar-refractivity contribution in [3.8, 4) is 12.3 Å². The molecular formula is C8H6F3N. The van der Waals surface area contributed by atoms with Crippen molar-refractivity contribution in [3.05, 3.63) is 24.0 Å². The molecule has 0 bridgehead atoms. The van der Waals surface area contributed by atoms with Gasteiger partial charge in [0, 0.05) is 12.4 Å². The third-order valence-electron chi connectivity index (χ3n) is 1.35. The minimum atomic E-state index is -4.28. The Hall–Kier alpha value is -1.37. The topological polar surface area (TPSA) is 4.93 Å². The van der Waals surface area contributed by atoms with Crippen LogP contribution in [0.15, 0.2) is 18.5 Å². The predicted molar refractivity (Wildman–Crippen MR) is 38.3 cm³/mol. The van der Waals surface area contributed by atoms with Crippen molar-refractivity contribution in [1.29, 1.82) is 0 Å². The summed E-state index contributed by atoms with van der Waals surface area (Å²) in [6, 6.07) is 0.997. The number of halogens is 3. The maximum Gasteiger partial charge on any atom is 0.417 e. The lowest BCUT2D eigenvalue weighted by Gasteiger charge is -2.01. The average Bonchev–Trinajstić information content (AvgIpc) is 2.35. The van der Waals surface area contributed by atoms with E-state index in [9.17, 15) is 13.2 Å². The van der Waals surface area contributed by atoms with Gasteiger partial charge >= 0.3 is 6.18 Å². The molecule has 0 aliphatic heterocycles. The largest absolute Gasteiger partial charge is 0.417 e. The van der Waals surface area contributed by atoms with Gasteiger partial charge in [-0.3, -0.25) is 0 Å². The van der Waals surface area contributed by atoms with E-state index in [1.54, 1.807) is 0 Å². The molecule has 4 heteroatoms. The molecule has 0 radical (unpaired) electrons. The Bertz CT molecular complexity index is 303. The van der Waals surface area contributed by atoms with Crippen molar-refractivity contribution in [3.63, 3.8) is 0 Å². The standard InChI is InChI=1S/C8H6F3N/c1-2-4-12-5-3-7(6-12)8(9,10)11/h1,3,5-6H,4H2. The third kappa shape index (κ3) is 1.82. The lowest BCUT2D eigenvalue weighted by atomic mass is 10.3. The van der Waals surface area contributed by atoms with Gasteiger partial charge in [0.25, 0.3) is 0 Å². The monoisotopic (exact) mass is 173 g/mol. The molecule has 0 N–H and O–H groups in total. The van der Waals surface area contributed by atoms with Crippen LogP contribution in [0.4, 0.5) is 13.2 Å². The number of aromatic nitrogens is 1. The van der Waals surface area contributed by atoms with Crippen LogP contribution in [-0.4, -0.2) is 4.57 Å². The van der Waals surface area contributed by atoms with Crippen LogP contribution >= 0.6 is 0 Å². The molecule has 0 saturated heterocycles. The summed E-state index contributed by atoms with van der Waals surface area (Å²) in [6.45, 7) is 0.163. The van der Waals surface area contributed by atoms with Crippen molar-refractivity contribution < 1.29 is 13.2 Å². The first-order valence-electron chi connectivity index (χ1n) is 3.20. The molecule has 0 amide bonds. The second-order valence-corrected chi connectivity index (χ2v) is 2.27. The van der Waals surface area contributed by atoms with E-state index in [2.05, 4.69) is 5.92 Å². The van der Waals surface area contributed by atoms with Gasteiger partial charge in [-0.25, -0.2) is 0 Å². The van der Waals surface area contributed by atoms with E-state index >= 15 is 0 Å². The van der Waals surface area contributed by atoms with E-state index in [4.69, 9.17) is 6.42 Å². The quantitative estimate of drug-likeness (QED) is 0.573. The molecule has 0 atom stereocenters. The summed E-state index contributed by atoms with van der Waals surface area (Å²) >= 11 is 0. The highest BCUT2D eigenvalue weighted by Gasteiger charge is 2.31. The van der Waals surface area contributed by atoms with Gasteiger partial charge in [-0.05, 0) is 6.07 Å². The first-order valence-corrected chi connectivity index (χ1v) is 3.20. The van der Waals surface area contributed by atoms with Gasteiger partial charge < -0.3 is 4.57 Å². The number of nitrogens with zero attached hydrogens (tertiary/aromatic N) is 1. The molecule has 1 nitrogen and oxygen atoms in total. The number of hydrogen-bond acceptors (Lipinski definition) is 0. The van der Waals surface area contributed by atoms with Crippen LogP contribution in [0.3, 0.4) is 0 Å². The normalized spacial score (nSPS) is 11.2. The SMILES string of the molecule is C#CCn1ccc(C(F)(F)F)c1. The third-order valence-corrected chi connectivity index (χ3v) is 1.35. The Balaban J connectivity index is 2.86. The van der Waals surface area contributed by atoms with Gasteiger partial charge in [0.05, 0.1) is 12.1 Å². The molecule has 1 aromatic rings. The number of rotatable bonds is 1. The van der Waals surface area contributed by atoms with Crippen molar-refractivity contribution in [2.45, 2.75) is 12.7 Å². The fourth-order valence-electron chi connectivity index (χ4n) is 0.812. The molecule has 0 aromatic carbocycles. The fourth-order valence-corrected chi connectivity index (χ4v) is 0.812. The maximum absolute atomic E-state index is 12.0. The zero-order valence-corrected chi connectivity index (χ0v) is 6.10. The Morgan fingerprint density at radius 2 is 2.17 bits per heavy atom. The molecule has 0 spiro atoms. The molecule has 0 fully saturated rings. The summed E-state index contributed by atoms with van der Waals surface area (Å²) in [6.07, 6.45) is 2.94. The van der Waals surface area contributed by atoms with Crippen LogP contribution in [0.1, 0.15) is 5.56 Å². The Morgan fingerprint density at radius 3 is 2.58 bits per heavy atom. The number of hydrogen-bond donors (Lipinski definition) is 0. The Morgan fingerprint density at radius 1 is 1.50 bits per heavy atom. The molecule has 1 rings (SSSR count). The summed E-state index contributed by atoms with van der Waals surface area (Å²) in [5.41, 5.74) is -0.669. The molecule has 1 aromatic heterocycles. The number of terminal acetylenes is 1. The predicted octanol–water partition coefficient (Wildman–Crippen LogP) is 2.14. The Kier molecular flexibility index (Phi) is 2.13. The Labute approximate surface area is 67.8 Å². The average molecular weight is 173 g/mol. The summed E-state index contributed by atoms with van der Waals surface area (Å²) in [5.74, 6) is 2.24. The van der Waals surface area contributed by atoms with Crippen molar-refractivity contribution >= 4 is 0 Å². The van der Waals surface area contributed by atoms with E-state index < -0.39 is 11.7 Å². The maximum atomic E-state index is 12.0. The fraction of sp³-hybridized carbons (Fsp3) is 0.250. The zero-order valence-electron chi connectivity index (χ0n) is 6.10. The van der Waals surface area contributed by atoms with Crippen LogP contribution in [0.5, 0.6) is 0 Å². The highest BCUT2D eigenvalue weighted by atomic mass is 19.4. The van der Waals surface area contributed by atoms with E-state index in [1.165, 1.54) is 10.8 Å². The van der Waals surface area contributed by atoms with Crippen LogP contribution in [-0.2, 0) is 12.7 Å². The van der Waals surface area contributed by atoms with Gasteiger partial charge in [-0.15, -0.1) is 6.42 Å². The van der Waals surface area contributed by atoms with Crippen LogP contribution in [0, 0.1) is 12.3 Å². The lowest BCUT2D eigenvalue weighted by Crippen LogP contribution is -2.03. The molecule has 64 valence electrons. The van der Waals surface area contributed by atoms with E-state index in [1.807, 2.05) is 0 Å². The number of alkyl halides is 3. The molecule has 1 heterocycles. The van der Waals surface area contributed by atoms with Crippen LogP contribution in [0.25, 0.3) is 0 Å². The minimum absolute atomic E-state index is 0.163. The second-order valence-electron chi connectivity index (χ2n) is 2.27. The van der Waals surface area contributed by atoms with Crippen molar-refractivity contribution in [2.75, 3.05) is 0 Å². The lowest BCUT2D eigenvalue weighted by molar-refractivity contribution is -0.137. The van der Waals surface area contributed by atoms with Gasteiger partial charge in [-0.1, -0.05) is 5.92 Å². The highest BCUT2D eigenvalue weighted by molar-refractivity contribution is 5.14. The van der Waals surface area contributed by atoms with Crippen molar-refractivity contribution in [1.82, 2.24) is 4.57 Å². The summed E-state index contributed by atoms with van der Waals surface area (Å²) in [4.78, 5) is 0. The van der Waals surface area contributed by atoms with Gasteiger partial charge in [-0.2, -0.15) is 13.2 Å². The summed E-state index contributed by atoms with van der Waals surface area (Å²) in [5, 5.41) is 0. The molecule has 0 aliphatic rings. The molecule has 0 saturated carbocycles. The molecule has 0 unspecified atom stereocenters. The van der Waals surface area contributed by atoms with Crippen molar-refractivity contribution in [2.24, 2.45) is 0 Å². The van der Waals surface area contributed by atoms with E-state index in [-0.39, 0.29) is 6.54 Å². The van der Waals surface area contributed by atoms with E-state index in [0.717, 1.165) is 12.3 Å². The van der Waals surface area contributed by atoms with Gasteiger partial charge in [0.15, 0.2) is 0 Å². The van der Waals surface area contributed by atoms with E-state index in [0.29, 0.717) is 0 Å². The highest BCUT2D eigenvalue weighted by Crippen LogP contribution is 2.28. The first-order chi connectivity index (χ1) is 5.54. The minimum Gasteiger partial charge on any atom is -0.342 e. The molecular weight excluding hydrogens is 167 g/mol. The molecule has 0 aliphatic carbocycles.